The summed E-state index contributed by atoms with van der Waals surface area (Å²) in [4.78, 5) is 0. The van der Waals surface area contributed by atoms with E-state index in [1.54, 1.807) is 7.11 Å². The topological polar surface area (TPSA) is 27.1 Å². The fourth-order valence-corrected chi connectivity index (χ4v) is 3.18. The highest BCUT2D eigenvalue weighted by Gasteiger charge is 2.11. The van der Waals surface area contributed by atoms with E-state index in [0.29, 0.717) is 0 Å². The van der Waals surface area contributed by atoms with Crippen molar-refractivity contribution in [2.75, 3.05) is 19.5 Å². The summed E-state index contributed by atoms with van der Waals surface area (Å²) in [5.41, 5.74) is 2.40. The number of hydrogen-bond acceptors (Lipinski definition) is 3. The molecule has 1 aromatic heterocycles. The summed E-state index contributed by atoms with van der Waals surface area (Å²) < 4.78 is 8.14. The number of aryl methyl sites for hydroxylation is 2. The van der Waals surface area contributed by atoms with E-state index in [9.17, 15) is 0 Å². The van der Waals surface area contributed by atoms with Crippen LogP contribution in [0.25, 0.3) is 0 Å². The second kappa shape index (κ2) is 6.55. The van der Waals surface area contributed by atoms with Crippen LogP contribution in [-0.4, -0.2) is 29.3 Å². The van der Waals surface area contributed by atoms with E-state index in [0.717, 1.165) is 34.7 Å². The van der Waals surface area contributed by atoms with Gasteiger partial charge in [-0.25, -0.2) is 0 Å². The normalized spacial score (nSPS) is 10.9. The Labute approximate surface area is 104 Å². The van der Waals surface area contributed by atoms with E-state index in [1.165, 1.54) is 5.69 Å². The van der Waals surface area contributed by atoms with Crippen molar-refractivity contribution in [1.82, 2.24) is 9.78 Å². The molecule has 0 fully saturated rings. The zero-order valence-corrected chi connectivity index (χ0v) is 11.8. The molecule has 5 heteroatoms. The summed E-state index contributed by atoms with van der Waals surface area (Å²) in [7, 11) is 3.73. The molecule has 0 aromatic carbocycles. The number of ether oxygens (including phenoxy) is 1. The number of thioether (sulfide) groups is 1. The number of rotatable bonds is 6. The Morgan fingerprint density at radius 2 is 2.27 bits per heavy atom. The Bertz CT molecular complexity index is 315. The predicted octanol–water partition coefficient (Wildman–Crippen LogP) is 2.62. The zero-order chi connectivity index (χ0) is 11.3. The molecule has 1 rings (SSSR count). The van der Waals surface area contributed by atoms with Crippen molar-refractivity contribution < 1.29 is 4.74 Å². The first-order chi connectivity index (χ1) is 7.20. The van der Waals surface area contributed by atoms with E-state index in [-0.39, 0.29) is 0 Å². The lowest BCUT2D eigenvalue weighted by Gasteiger charge is -2.02. The Balaban J connectivity index is 2.56. The number of halogens is 1. The van der Waals surface area contributed by atoms with Gasteiger partial charge in [-0.2, -0.15) is 16.9 Å². The van der Waals surface area contributed by atoms with Crippen molar-refractivity contribution in [2.24, 2.45) is 7.05 Å². The summed E-state index contributed by atoms with van der Waals surface area (Å²) >= 11 is 5.47. The van der Waals surface area contributed by atoms with Gasteiger partial charge in [0.05, 0.1) is 22.5 Å². The highest BCUT2D eigenvalue weighted by molar-refractivity contribution is 9.10. The second-order valence-electron chi connectivity index (χ2n) is 3.23. The molecule has 86 valence electrons. The van der Waals surface area contributed by atoms with E-state index >= 15 is 0 Å². The Hall–Kier alpha value is -0.0000000000000000555. The largest absolute Gasteiger partial charge is 0.384 e. The van der Waals surface area contributed by atoms with Crippen molar-refractivity contribution in [3.05, 3.63) is 15.9 Å². The van der Waals surface area contributed by atoms with Crippen molar-refractivity contribution in [1.29, 1.82) is 0 Å². The van der Waals surface area contributed by atoms with Gasteiger partial charge in [-0.1, -0.05) is 6.92 Å². The van der Waals surface area contributed by atoms with Gasteiger partial charge in [0, 0.05) is 25.7 Å². The summed E-state index contributed by atoms with van der Waals surface area (Å²) in [6, 6.07) is 0. The molecule has 0 atom stereocenters. The maximum Gasteiger partial charge on any atom is 0.0767 e. The lowest BCUT2D eigenvalue weighted by atomic mass is 10.3. The molecule has 0 spiro atoms. The van der Waals surface area contributed by atoms with E-state index in [1.807, 2.05) is 23.5 Å². The van der Waals surface area contributed by atoms with Gasteiger partial charge in [-0.3, -0.25) is 4.68 Å². The van der Waals surface area contributed by atoms with Gasteiger partial charge in [0.1, 0.15) is 0 Å². The van der Waals surface area contributed by atoms with Gasteiger partial charge in [0.25, 0.3) is 0 Å². The maximum absolute atomic E-state index is 5.01. The van der Waals surface area contributed by atoms with Crippen molar-refractivity contribution in [2.45, 2.75) is 19.1 Å². The van der Waals surface area contributed by atoms with Crippen LogP contribution in [-0.2, 0) is 24.0 Å². The van der Waals surface area contributed by atoms with Gasteiger partial charge in [-0.05, 0) is 22.4 Å². The molecule has 3 nitrogen and oxygen atoms in total. The summed E-state index contributed by atoms with van der Waals surface area (Å²) in [5.74, 6) is 2.00. The number of aromatic nitrogens is 2. The monoisotopic (exact) mass is 292 g/mol. The molecule has 0 aliphatic heterocycles. The summed E-state index contributed by atoms with van der Waals surface area (Å²) in [5, 5.41) is 4.45. The fraction of sp³-hybridized carbons (Fsp3) is 0.700. The molecule has 0 aliphatic rings. The third-order valence-corrected chi connectivity index (χ3v) is 4.02. The quantitative estimate of drug-likeness (QED) is 0.754. The lowest BCUT2D eigenvalue weighted by Crippen LogP contribution is -1.99. The first-order valence-electron chi connectivity index (χ1n) is 4.97. The molecule has 1 heterocycles. The summed E-state index contributed by atoms with van der Waals surface area (Å²) in [6.07, 6.45) is 0.969. The van der Waals surface area contributed by atoms with Crippen LogP contribution in [0.1, 0.15) is 18.3 Å². The Morgan fingerprint density at radius 3 is 2.80 bits per heavy atom. The van der Waals surface area contributed by atoms with Crippen LogP contribution >= 0.6 is 27.7 Å². The minimum absolute atomic E-state index is 0.806. The number of hydrogen-bond donors (Lipinski definition) is 0. The van der Waals surface area contributed by atoms with E-state index < -0.39 is 0 Å². The molecule has 0 bridgehead atoms. The first kappa shape index (κ1) is 13.1. The van der Waals surface area contributed by atoms with E-state index in [4.69, 9.17) is 4.74 Å². The third kappa shape index (κ3) is 3.50. The molecular weight excluding hydrogens is 276 g/mol. The van der Waals surface area contributed by atoms with Crippen molar-refractivity contribution >= 4 is 27.7 Å². The minimum atomic E-state index is 0.806. The summed E-state index contributed by atoms with van der Waals surface area (Å²) in [6.45, 7) is 2.93. The highest BCUT2D eigenvalue weighted by atomic mass is 79.9. The molecule has 1 aromatic rings. The molecule has 0 aliphatic carbocycles. The minimum Gasteiger partial charge on any atom is -0.384 e. The number of nitrogens with zero attached hydrogens (tertiary/aromatic N) is 2. The highest BCUT2D eigenvalue weighted by Crippen LogP contribution is 2.25. The van der Waals surface area contributed by atoms with Crippen molar-refractivity contribution in [3.8, 4) is 0 Å². The Kier molecular flexibility index (Phi) is 5.71. The first-order valence-corrected chi connectivity index (χ1v) is 6.92. The average molecular weight is 293 g/mol. The molecular formula is C10H17BrN2OS. The van der Waals surface area contributed by atoms with Crippen LogP contribution in [0.3, 0.4) is 0 Å². The van der Waals surface area contributed by atoms with Crippen LogP contribution < -0.4 is 0 Å². The zero-order valence-electron chi connectivity index (χ0n) is 9.42. The van der Waals surface area contributed by atoms with Crippen LogP contribution in [0.15, 0.2) is 4.47 Å². The van der Waals surface area contributed by atoms with Gasteiger partial charge in [0.15, 0.2) is 0 Å². The standard InChI is InChI=1S/C10H17BrN2OS/c1-4-8-10(11)9(13(2)12-8)7-15-6-5-14-3/h4-7H2,1-3H3. The molecule has 0 saturated carbocycles. The van der Waals surface area contributed by atoms with Gasteiger partial charge in [0.2, 0.25) is 0 Å². The smallest absolute Gasteiger partial charge is 0.0767 e. The average Bonchev–Trinajstić information content (AvgIpc) is 2.50. The van der Waals surface area contributed by atoms with E-state index in [2.05, 4.69) is 28.0 Å². The lowest BCUT2D eigenvalue weighted by molar-refractivity contribution is 0.218. The predicted molar refractivity (Wildman–Crippen MR) is 68.3 cm³/mol. The maximum atomic E-state index is 5.01. The van der Waals surface area contributed by atoms with Crippen LogP contribution in [0.4, 0.5) is 0 Å². The molecule has 0 radical (unpaired) electrons. The molecule has 15 heavy (non-hydrogen) atoms. The SMILES string of the molecule is CCc1nn(C)c(CSCCOC)c1Br. The van der Waals surface area contributed by atoms with Gasteiger partial charge < -0.3 is 4.74 Å². The van der Waals surface area contributed by atoms with Crippen LogP contribution in [0.5, 0.6) is 0 Å². The van der Waals surface area contributed by atoms with Gasteiger partial charge in [-0.15, -0.1) is 0 Å². The second-order valence-corrected chi connectivity index (χ2v) is 5.13. The molecule has 0 amide bonds. The molecule has 0 unspecified atom stereocenters. The van der Waals surface area contributed by atoms with Crippen LogP contribution in [0, 0.1) is 0 Å². The molecule has 0 N–H and O–H groups in total. The molecule has 0 saturated heterocycles. The Morgan fingerprint density at radius 1 is 1.53 bits per heavy atom. The number of methoxy groups -OCH3 is 1. The van der Waals surface area contributed by atoms with Gasteiger partial charge >= 0.3 is 0 Å². The third-order valence-electron chi connectivity index (χ3n) is 2.17. The fourth-order valence-electron chi connectivity index (χ4n) is 1.29. The van der Waals surface area contributed by atoms with Crippen molar-refractivity contribution in [3.63, 3.8) is 0 Å². The van der Waals surface area contributed by atoms with Crippen LogP contribution in [0.2, 0.25) is 0 Å².